The van der Waals surface area contributed by atoms with Gasteiger partial charge in [0.1, 0.15) is 5.76 Å². The maximum atomic E-state index is 11.9. The number of aryl methyl sites for hydroxylation is 1. The maximum absolute atomic E-state index is 11.9. The smallest absolute Gasteiger partial charge is 0.312 e. The monoisotopic (exact) mass is 377 g/mol. The Morgan fingerprint density at radius 2 is 1.88 bits per heavy atom. The van der Waals surface area contributed by atoms with Crippen molar-refractivity contribution in [3.8, 4) is 0 Å². The Bertz CT molecular complexity index is 763. The molecule has 0 saturated heterocycles. The summed E-state index contributed by atoms with van der Waals surface area (Å²) in [5.41, 5.74) is 0.621. The number of thioether (sulfide) groups is 1. The van der Waals surface area contributed by atoms with Crippen LogP contribution in [0, 0.1) is 6.92 Å². The lowest BCUT2D eigenvalue weighted by Gasteiger charge is -2.13. The van der Waals surface area contributed by atoms with Gasteiger partial charge in [0.05, 0.1) is 17.4 Å². The molecular formula is C17H19N3O5S. The number of benzene rings is 1. The zero-order chi connectivity index (χ0) is 18.9. The summed E-state index contributed by atoms with van der Waals surface area (Å²) in [4.78, 5) is 34.9. The summed E-state index contributed by atoms with van der Waals surface area (Å²) in [5, 5.41) is 18.1. The van der Waals surface area contributed by atoms with Crippen LogP contribution in [-0.2, 0) is 14.4 Å². The van der Waals surface area contributed by atoms with Gasteiger partial charge in [0.25, 0.3) is 0 Å². The van der Waals surface area contributed by atoms with Crippen LogP contribution in [0.3, 0.4) is 0 Å². The summed E-state index contributed by atoms with van der Waals surface area (Å²) in [7, 11) is 0. The number of rotatable bonds is 9. The highest BCUT2D eigenvalue weighted by Crippen LogP contribution is 2.15. The first-order valence-electron chi connectivity index (χ1n) is 7.81. The number of hydrogen-bond acceptors (Lipinski definition) is 6. The van der Waals surface area contributed by atoms with Crippen molar-refractivity contribution >= 4 is 35.4 Å². The predicted molar refractivity (Wildman–Crippen MR) is 97.0 cm³/mol. The number of aromatic nitrogens is 1. The first-order valence-corrected chi connectivity index (χ1v) is 8.96. The Balaban J connectivity index is 1.71. The van der Waals surface area contributed by atoms with Crippen LogP contribution in [-0.4, -0.2) is 46.1 Å². The molecule has 0 saturated carbocycles. The van der Waals surface area contributed by atoms with E-state index in [1.807, 2.05) is 0 Å². The molecule has 1 heterocycles. The van der Waals surface area contributed by atoms with Crippen LogP contribution in [0.15, 0.2) is 40.9 Å². The van der Waals surface area contributed by atoms with Crippen molar-refractivity contribution in [3.63, 3.8) is 0 Å². The quantitative estimate of drug-likeness (QED) is 0.607. The lowest BCUT2D eigenvalue weighted by molar-refractivity contribution is -0.138. The molecule has 0 aliphatic rings. The van der Waals surface area contributed by atoms with E-state index in [9.17, 15) is 19.5 Å². The largest absolute Gasteiger partial charge is 0.481 e. The first kappa shape index (κ1) is 19.5. The van der Waals surface area contributed by atoms with Crippen LogP contribution in [0.25, 0.3) is 0 Å². The summed E-state index contributed by atoms with van der Waals surface area (Å²) in [6.45, 7) is 1.70. The number of carboxylic acids is 1. The van der Waals surface area contributed by atoms with E-state index < -0.39 is 11.9 Å². The summed E-state index contributed by atoms with van der Waals surface area (Å²) < 4.78 is 4.83. The van der Waals surface area contributed by atoms with Crippen molar-refractivity contribution in [2.75, 3.05) is 23.4 Å². The fourth-order valence-electron chi connectivity index (χ4n) is 2.14. The molecule has 26 heavy (non-hydrogen) atoms. The van der Waals surface area contributed by atoms with Gasteiger partial charge in [-0.1, -0.05) is 35.5 Å². The molecule has 2 amide bonds. The average molecular weight is 377 g/mol. The molecule has 0 radical (unpaired) electrons. The Hall–Kier alpha value is -2.81. The van der Waals surface area contributed by atoms with E-state index in [1.54, 1.807) is 43.3 Å². The van der Waals surface area contributed by atoms with Crippen LogP contribution >= 0.6 is 11.8 Å². The topological polar surface area (TPSA) is 122 Å². The van der Waals surface area contributed by atoms with Crippen molar-refractivity contribution in [1.29, 1.82) is 0 Å². The molecule has 1 aromatic heterocycles. The number of nitrogens with one attached hydrogen (secondary N) is 2. The highest BCUT2D eigenvalue weighted by molar-refractivity contribution is 8.00. The molecule has 0 aliphatic heterocycles. The number of hydrogen-bond donors (Lipinski definition) is 3. The molecule has 8 nitrogen and oxygen atoms in total. The molecule has 1 unspecified atom stereocenters. The molecule has 3 N–H and O–H groups in total. The molecule has 0 fully saturated rings. The fourth-order valence-corrected chi connectivity index (χ4v) is 2.79. The zero-order valence-corrected chi connectivity index (χ0v) is 14.9. The Morgan fingerprint density at radius 1 is 1.19 bits per heavy atom. The molecule has 0 bridgehead atoms. The van der Waals surface area contributed by atoms with Crippen LogP contribution in [0.2, 0.25) is 0 Å². The Morgan fingerprint density at radius 3 is 2.50 bits per heavy atom. The molecular weight excluding hydrogens is 358 g/mol. The van der Waals surface area contributed by atoms with Gasteiger partial charge in [-0.2, -0.15) is 0 Å². The van der Waals surface area contributed by atoms with Gasteiger partial charge >= 0.3 is 5.97 Å². The second-order valence-corrected chi connectivity index (χ2v) is 6.45. The minimum absolute atomic E-state index is 0.0108. The molecule has 2 aromatic rings. The molecule has 138 valence electrons. The van der Waals surface area contributed by atoms with Gasteiger partial charge in [0.2, 0.25) is 11.8 Å². The zero-order valence-electron chi connectivity index (χ0n) is 14.1. The van der Waals surface area contributed by atoms with Gasteiger partial charge in [-0.25, -0.2) is 0 Å². The van der Waals surface area contributed by atoms with Crippen molar-refractivity contribution < 1.29 is 24.0 Å². The number of anilines is 1. The number of nitrogens with zero attached hydrogens (tertiary/aromatic N) is 1. The maximum Gasteiger partial charge on any atom is 0.312 e. The van der Waals surface area contributed by atoms with Crippen LogP contribution < -0.4 is 10.6 Å². The van der Waals surface area contributed by atoms with Gasteiger partial charge in [-0.3, -0.25) is 14.4 Å². The van der Waals surface area contributed by atoms with Crippen LogP contribution in [0.1, 0.15) is 17.2 Å². The van der Waals surface area contributed by atoms with Gasteiger partial charge in [0, 0.05) is 12.6 Å². The summed E-state index contributed by atoms with van der Waals surface area (Å²) in [6.07, 6.45) is 0. The summed E-state index contributed by atoms with van der Waals surface area (Å²) >= 11 is 1.12. The summed E-state index contributed by atoms with van der Waals surface area (Å²) in [6, 6.07) is 10.3. The molecule has 0 aliphatic carbocycles. The third-order valence-electron chi connectivity index (χ3n) is 3.37. The molecule has 1 atom stereocenters. The second kappa shape index (κ2) is 9.62. The number of carbonyl (C=O) groups excluding carboxylic acids is 2. The molecule has 0 spiro atoms. The SMILES string of the molecule is Cc1cc(NC(=O)CSCC(=O)NCC(C(=O)O)c2ccccc2)no1. The van der Waals surface area contributed by atoms with E-state index in [4.69, 9.17) is 4.52 Å². The van der Waals surface area contributed by atoms with E-state index in [2.05, 4.69) is 15.8 Å². The van der Waals surface area contributed by atoms with E-state index in [1.165, 1.54) is 0 Å². The van der Waals surface area contributed by atoms with Crippen LogP contribution in [0.5, 0.6) is 0 Å². The predicted octanol–water partition coefficient (Wildman–Crippen LogP) is 1.64. The lowest BCUT2D eigenvalue weighted by atomic mass is 9.99. The number of aliphatic carboxylic acids is 1. The van der Waals surface area contributed by atoms with Crippen molar-refractivity contribution in [3.05, 3.63) is 47.7 Å². The third kappa shape index (κ3) is 6.25. The van der Waals surface area contributed by atoms with E-state index in [-0.39, 0.29) is 29.9 Å². The van der Waals surface area contributed by atoms with E-state index in [0.717, 1.165) is 11.8 Å². The van der Waals surface area contributed by atoms with Crippen LogP contribution in [0.4, 0.5) is 5.82 Å². The number of carboxylic acid groups (broad SMARTS) is 1. The average Bonchev–Trinajstić information content (AvgIpc) is 3.00. The van der Waals surface area contributed by atoms with E-state index in [0.29, 0.717) is 17.1 Å². The number of amides is 2. The fraction of sp³-hybridized carbons (Fsp3) is 0.294. The van der Waals surface area contributed by atoms with Crippen molar-refractivity contribution in [2.45, 2.75) is 12.8 Å². The van der Waals surface area contributed by atoms with Gasteiger partial charge in [0.15, 0.2) is 5.82 Å². The van der Waals surface area contributed by atoms with Crippen molar-refractivity contribution in [1.82, 2.24) is 10.5 Å². The lowest BCUT2D eigenvalue weighted by Crippen LogP contribution is -2.33. The minimum Gasteiger partial charge on any atom is -0.481 e. The second-order valence-electron chi connectivity index (χ2n) is 5.47. The first-order chi connectivity index (χ1) is 12.5. The summed E-state index contributed by atoms with van der Waals surface area (Å²) in [5.74, 6) is -1.43. The normalized spacial score (nSPS) is 11.6. The minimum atomic E-state index is -1.01. The standard InChI is InChI=1S/C17H19N3O5S/c1-11-7-14(20-25-11)19-16(22)10-26-9-15(21)18-8-13(17(23)24)12-5-3-2-4-6-12/h2-7,13H,8-10H2,1H3,(H,18,21)(H,23,24)(H,19,20,22). The van der Waals surface area contributed by atoms with Gasteiger partial charge in [-0.05, 0) is 12.5 Å². The van der Waals surface area contributed by atoms with E-state index >= 15 is 0 Å². The molecule has 9 heteroatoms. The third-order valence-corrected chi connectivity index (χ3v) is 4.30. The highest BCUT2D eigenvalue weighted by atomic mass is 32.2. The Labute approximate surface area is 154 Å². The molecule has 2 rings (SSSR count). The number of carbonyl (C=O) groups is 3. The Kier molecular flexibility index (Phi) is 7.22. The van der Waals surface area contributed by atoms with Crippen molar-refractivity contribution in [2.24, 2.45) is 0 Å². The van der Waals surface area contributed by atoms with Gasteiger partial charge < -0.3 is 20.3 Å². The molecule has 1 aromatic carbocycles. The van der Waals surface area contributed by atoms with Gasteiger partial charge in [-0.15, -0.1) is 11.8 Å². The highest BCUT2D eigenvalue weighted by Gasteiger charge is 2.20.